The number of hydrogen-bond donors (Lipinski definition) is 2. The fourth-order valence-corrected chi connectivity index (χ4v) is 3.23. The van der Waals surface area contributed by atoms with Crippen molar-refractivity contribution in [3.8, 4) is 16.9 Å². The molecule has 0 saturated heterocycles. The number of nitrogens with one attached hydrogen (secondary N) is 2. The van der Waals surface area contributed by atoms with Crippen molar-refractivity contribution in [3.63, 3.8) is 0 Å². The van der Waals surface area contributed by atoms with Crippen molar-refractivity contribution in [2.45, 2.75) is 4.90 Å². The summed E-state index contributed by atoms with van der Waals surface area (Å²) in [5.74, 6) is -2.78. The normalized spacial score (nSPS) is 10.4. The van der Waals surface area contributed by atoms with Crippen LogP contribution in [0.1, 0.15) is 10.4 Å². The van der Waals surface area contributed by atoms with Crippen LogP contribution < -0.4 is 15.4 Å². The number of thioether (sulfide) groups is 1. The monoisotopic (exact) mass is 428 g/mol. The van der Waals surface area contributed by atoms with Crippen LogP contribution in [0.3, 0.4) is 0 Å². The SMILES string of the molecule is COc1cc(NC(=O)NC(=O)c2c(F)cccc2F)ccc1-c1ccc(SC)cc1. The Hall–Kier alpha value is -3.39. The van der Waals surface area contributed by atoms with Gasteiger partial charge in [-0.15, -0.1) is 11.8 Å². The van der Waals surface area contributed by atoms with Gasteiger partial charge in [-0.3, -0.25) is 10.1 Å². The zero-order valence-corrected chi connectivity index (χ0v) is 17.0. The number of methoxy groups -OCH3 is 1. The molecule has 0 radical (unpaired) electrons. The fraction of sp³-hybridized carbons (Fsp3) is 0.0909. The summed E-state index contributed by atoms with van der Waals surface area (Å²) in [6.45, 7) is 0. The van der Waals surface area contributed by atoms with Gasteiger partial charge in [-0.2, -0.15) is 0 Å². The standard InChI is InChI=1S/C22H18F2N2O3S/c1-29-19-12-14(8-11-16(19)13-6-9-15(30-2)10-7-13)25-22(28)26-21(27)20-17(23)4-3-5-18(20)24/h3-12H,1-2H3,(H2,25,26,27,28). The maximum atomic E-state index is 13.7. The molecule has 0 spiro atoms. The van der Waals surface area contributed by atoms with Crippen molar-refractivity contribution in [3.05, 3.63) is 77.9 Å². The number of amides is 3. The summed E-state index contributed by atoms with van der Waals surface area (Å²) in [5.41, 5.74) is 1.27. The minimum absolute atomic E-state index is 0.343. The van der Waals surface area contributed by atoms with E-state index in [9.17, 15) is 18.4 Å². The average molecular weight is 428 g/mol. The van der Waals surface area contributed by atoms with E-state index in [1.54, 1.807) is 30.0 Å². The molecule has 0 heterocycles. The molecular formula is C22H18F2N2O3S. The van der Waals surface area contributed by atoms with Crippen LogP contribution in [0.25, 0.3) is 11.1 Å². The predicted molar refractivity (Wildman–Crippen MR) is 113 cm³/mol. The minimum atomic E-state index is -1.18. The van der Waals surface area contributed by atoms with E-state index in [1.165, 1.54) is 7.11 Å². The van der Waals surface area contributed by atoms with Gasteiger partial charge in [-0.1, -0.05) is 18.2 Å². The first-order chi connectivity index (χ1) is 14.4. The van der Waals surface area contributed by atoms with Crippen LogP contribution in [0.5, 0.6) is 5.75 Å². The predicted octanol–water partition coefficient (Wildman–Crippen LogP) is 5.32. The Bertz CT molecular complexity index is 1070. The molecule has 0 aliphatic heterocycles. The Balaban J connectivity index is 1.75. The number of ether oxygens (including phenoxy) is 1. The van der Waals surface area contributed by atoms with Gasteiger partial charge in [0.1, 0.15) is 22.9 Å². The highest BCUT2D eigenvalue weighted by Crippen LogP contribution is 2.33. The van der Waals surface area contributed by atoms with Gasteiger partial charge >= 0.3 is 6.03 Å². The molecule has 0 aliphatic carbocycles. The Morgan fingerprint density at radius 1 is 0.967 bits per heavy atom. The lowest BCUT2D eigenvalue weighted by atomic mass is 10.0. The number of carbonyl (C=O) groups excluding carboxylic acids is 2. The molecule has 2 N–H and O–H groups in total. The first kappa shape index (κ1) is 21.3. The molecule has 0 fully saturated rings. The summed E-state index contributed by atoms with van der Waals surface area (Å²) < 4.78 is 32.8. The molecule has 5 nitrogen and oxygen atoms in total. The highest BCUT2D eigenvalue weighted by Gasteiger charge is 2.19. The quantitative estimate of drug-likeness (QED) is 0.540. The van der Waals surface area contributed by atoms with Crippen LogP contribution >= 0.6 is 11.8 Å². The second kappa shape index (κ2) is 9.41. The fourth-order valence-electron chi connectivity index (χ4n) is 2.82. The molecule has 154 valence electrons. The molecule has 3 aromatic carbocycles. The van der Waals surface area contributed by atoms with Gasteiger partial charge in [0.05, 0.1) is 7.11 Å². The van der Waals surface area contributed by atoms with E-state index in [0.717, 1.165) is 34.2 Å². The summed E-state index contributed by atoms with van der Waals surface area (Å²) in [7, 11) is 1.50. The first-order valence-corrected chi connectivity index (χ1v) is 10.0. The van der Waals surface area contributed by atoms with Gasteiger partial charge in [0.2, 0.25) is 0 Å². The van der Waals surface area contributed by atoms with Gasteiger partial charge in [0.15, 0.2) is 0 Å². The van der Waals surface area contributed by atoms with Gasteiger partial charge in [-0.05, 0) is 48.2 Å². The molecule has 0 aliphatic rings. The van der Waals surface area contributed by atoms with Crippen molar-refractivity contribution in [1.82, 2.24) is 5.32 Å². The first-order valence-electron chi connectivity index (χ1n) is 8.81. The number of halogens is 2. The summed E-state index contributed by atoms with van der Waals surface area (Å²) in [6.07, 6.45) is 1.99. The lowest BCUT2D eigenvalue weighted by Gasteiger charge is -2.13. The molecule has 0 aromatic heterocycles. The van der Waals surface area contributed by atoms with Crippen molar-refractivity contribution in [2.24, 2.45) is 0 Å². The molecule has 0 unspecified atom stereocenters. The van der Waals surface area contributed by atoms with Crippen LogP contribution in [-0.2, 0) is 0 Å². The minimum Gasteiger partial charge on any atom is -0.496 e. The number of urea groups is 1. The van der Waals surface area contributed by atoms with E-state index >= 15 is 0 Å². The lowest BCUT2D eigenvalue weighted by Crippen LogP contribution is -2.35. The zero-order chi connectivity index (χ0) is 21.7. The van der Waals surface area contributed by atoms with Crippen LogP contribution in [-0.4, -0.2) is 25.3 Å². The second-order valence-electron chi connectivity index (χ2n) is 6.15. The van der Waals surface area contributed by atoms with Crippen LogP contribution in [0.15, 0.2) is 65.6 Å². The molecule has 0 bridgehead atoms. The number of carbonyl (C=O) groups is 2. The Kier molecular flexibility index (Phi) is 6.68. The average Bonchev–Trinajstić information content (AvgIpc) is 2.73. The molecule has 3 rings (SSSR count). The topological polar surface area (TPSA) is 67.4 Å². The lowest BCUT2D eigenvalue weighted by molar-refractivity contribution is 0.0959. The van der Waals surface area contributed by atoms with Crippen molar-refractivity contribution >= 4 is 29.4 Å². The van der Waals surface area contributed by atoms with Crippen molar-refractivity contribution < 1.29 is 23.1 Å². The molecule has 3 aromatic rings. The number of benzene rings is 3. The number of anilines is 1. The van der Waals surface area contributed by atoms with Crippen molar-refractivity contribution in [1.29, 1.82) is 0 Å². The molecule has 3 amide bonds. The summed E-state index contributed by atoms with van der Waals surface area (Å²) >= 11 is 1.64. The smallest absolute Gasteiger partial charge is 0.326 e. The van der Waals surface area contributed by atoms with Gasteiger partial charge < -0.3 is 10.1 Å². The van der Waals surface area contributed by atoms with E-state index in [4.69, 9.17) is 4.74 Å². The summed E-state index contributed by atoms with van der Waals surface area (Å²) in [6, 6.07) is 15.0. The van der Waals surface area contributed by atoms with E-state index < -0.39 is 29.1 Å². The second-order valence-corrected chi connectivity index (χ2v) is 7.03. The molecule has 0 saturated carbocycles. The van der Waals surface area contributed by atoms with Crippen molar-refractivity contribution in [2.75, 3.05) is 18.7 Å². The van der Waals surface area contributed by atoms with Crippen LogP contribution in [0.2, 0.25) is 0 Å². The zero-order valence-electron chi connectivity index (χ0n) is 16.2. The molecular weight excluding hydrogens is 410 g/mol. The van der Waals surface area contributed by atoms with Crippen LogP contribution in [0, 0.1) is 11.6 Å². The van der Waals surface area contributed by atoms with E-state index in [2.05, 4.69) is 5.32 Å². The highest BCUT2D eigenvalue weighted by atomic mass is 32.2. The third kappa shape index (κ3) is 4.77. The maximum absolute atomic E-state index is 13.7. The van der Waals surface area contributed by atoms with E-state index in [1.807, 2.05) is 35.8 Å². The summed E-state index contributed by atoms with van der Waals surface area (Å²) in [5, 5.41) is 4.36. The third-order valence-corrected chi connectivity index (χ3v) is 5.02. The molecule has 0 atom stereocenters. The van der Waals surface area contributed by atoms with Gasteiger partial charge in [-0.25, -0.2) is 13.6 Å². The molecule has 8 heteroatoms. The molecule has 30 heavy (non-hydrogen) atoms. The van der Waals surface area contributed by atoms with E-state index in [0.29, 0.717) is 11.4 Å². The number of rotatable bonds is 5. The number of imide groups is 1. The summed E-state index contributed by atoms with van der Waals surface area (Å²) in [4.78, 5) is 25.3. The third-order valence-electron chi connectivity index (χ3n) is 4.28. The maximum Gasteiger partial charge on any atom is 0.326 e. The van der Waals surface area contributed by atoms with E-state index in [-0.39, 0.29) is 0 Å². The van der Waals surface area contributed by atoms with Crippen LogP contribution in [0.4, 0.5) is 19.3 Å². The largest absolute Gasteiger partial charge is 0.496 e. The van der Waals surface area contributed by atoms with Gasteiger partial charge in [0, 0.05) is 22.2 Å². The highest BCUT2D eigenvalue weighted by molar-refractivity contribution is 7.98. The van der Waals surface area contributed by atoms with Gasteiger partial charge in [0.25, 0.3) is 5.91 Å². The Morgan fingerprint density at radius 2 is 1.63 bits per heavy atom. The number of hydrogen-bond acceptors (Lipinski definition) is 4. The Labute approximate surface area is 176 Å². The Morgan fingerprint density at radius 3 is 2.23 bits per heavy atom.